The smallest absolute Gasteiger partial charge is 0.133 e. The molecule has 108 valence electrons. The Morgan fingerprint density at radius 1 is 1.11 bits per heavy atom. The maximum Gasteiger partial charge on any atom is 0.133 e. The van der Waals surface area contributed by atoms with Gasteiger partial charge in [-0.2, -0.15) is 0 Å². The summed E-state index contributed by atoms with van der Waals surface area (Å²) in [5.41, 5.74) is 5.78. The van der Waals surface area contributed by atoms with E-state index in [4.69, 9.17) is 5.73 Å². The van der Waals surface area contributed by atoms with Gasteiger partial charge < -0.3 is 15.5 Å². The predicted octanol–water partition coefficient (Wildman–Crippen LogP) is 1.74. The molecule has 0 aliphatic rings. The minimum atomic E-state index is 0.241. The van der Waals surface area contributed by atoms with Crippen molar-refractivity contribution in [1.29, 1.82) is 0 Å². The summed E-state index contributed by atoms with van der Waals surface area (Å²) in [6.07, 6.45) is 2.59. The van der Waals surface area contributed by atoms with Crippen LogP contribution in [0.1, 0.15) is 27.2 Å². The quantitative estimate of drug-likeness (QED) is 0.849. The Bertz CT molecular complexity index is 386. The van der Waals surface area contributed by atoms with Crippen molar-refractivity contribution in [1.82, 2.24) is 9.97 Å². The molecule has 0 aliphatic heterocycles. The summed E-state index contributed by atoms with van der Waals surface area (Å²) in [7, 11) is 4.10. The molecule has 0 amide bonds. The Balaban J connectivity index is 2.76. The molecule has 19 heavy (non-hydrogen) atoms. The minimum absolute atomic E-state index is 0.241. The lowest BCUT2D eigenvalue weighted by molar-refractivity contribution is 0.417. The van der Waals surface area contributed by atoms with Gasteiger partial charge >= 0.3 is 0 Å². The van der Waals surface area contributed by atoms with Crippen LogP contribution in [-0.4, -0.2) is 43.7 Å². The highest BCUT2D eigenvalue weighted by atomic mass is 15.2. The van der Waals surface area contributed by atoms with E-state index >= 15 is 0 Å². The van der Waals surface area contributed by atoms with Crippen LogP contribution in [0.4, 0.5) is 11.6 Å². The van der Waals surface area contributed by atoms with Crippen LogP contribution in [0, 0.1) is 5.41 Å². The van der Waals surface area contributed by atoms with Crippen molar-refractivity contribution < 1.29 is 0 Å². The Morgan fingerprint density at radius 2 is 1.68 bits per heavy atom. The normalized spacial score (nSPS) is 11.5. The van der Waals surface area contributed by atoms with Gasteiger partial charge in [0.05, 0.1) is 0 Å². The van der Waals surface area contributed by atoms with Gasteiger partial charge in [0.1, 0.15) is 18.0 Å². The van der Waals surface area contributed by atoms with Crippen LogP contribution < -0.4 is 15.5 Å². The Morgan fingerprint density at radius 3 is 2.21 bits per heavy atom. The Labute approximate surface area is 116 Å². The number of hydrogen-bond donors (Lipinski definition) is 1. The summed E-state index contributed by atoms with van der Waals surface area (Å²) < 4.78 is 0. The molecule has 0 spiro atoms. The zero-order chi connectivity index (χ0) is 14.5. The number of anilines is 2. The van der Waals surface area contributed by atoms with E-state index in [2.05, 4.69) is 47.6 Å². The first kappa shape index (κ1) is 15.7. The lowest BCUT2D eigenvalue weighted by Crippen LogP contribution is -2.30. The van der Waals surface area contributed by atoms with E-state index in [1.807, 2.05) is 13.1 Å². The fourth-order valence-corrected chi connectivity index (χ4v) is 1.99. The summed E-state index contributed by atoms with van der Waals surface area (Å²) in [4.78, 5) is 13.0. The van der Waals surface area contributed by atoms with Crippen LogP contribution in [0.5, 0.6) is 0 Å². The second kappa shape index (κ2) is 6.70. The zero-order valence-corrected chi connectivity index (χ0v) is 12.8. The standard InChI is InChI=1S/C14H27N5/c1-14(2,3)10-19(5)13-9-12(16-11-17-13)18(4)8-6-7-15/h9,11H,6-8,10,15H2,1-5H3. The van der Waals surface area contributed by atoms with Gasteiger partial charge in [0, 0.05) is 33.3 Å². The number of nitrogens with two attached hydrogens (primary N) is 1. The first-order valence-electron chi connectivity index (χ1n) is 6.78. The molecule has 0 atom stereocenters. The van der Waals surface area contributed by atoms with E-state index in [9.17, 15) is 0 Å². The maximum absolute atomic E-state index is 5.53. The first-order chi connectivity index (χ1) is 8.83. The van der Waals surface area contributed by atoms with E-state index in [-0.39, 0.29) is 5.41 Å². The largest absolute Gasteiger partial charge is 0.359 e. The average molecular weight is 265 g/mol. The van der Waals surface area contributed by atoms with Gasteiger partial charge in [0.2, 0.25) is 0 Å². The highest BCUT2D eigenvalue weighted by Crippen LogP contribution is 2.20. The summed E-state index contributed by atoms with van der Waals surface area (Å²) in [5.74, 6) is 1.90. The molecule has 0 aromatic carbocycles. The number of aromatic nitrogens is 2. The van der Waals surface area contributed by atoms with Crippen molar-refractivity contribution in [2.75, 3.05) is 43.5 Å². The number of nitrogens with zero attached hydrogens (tertiary/aromatic N) is 4. The van der Waals surface area contributed by atoms with Gasteiger partial charge in [-0.25, -0.2) is 9.97 Å². The lowest BCUT2D eigenvalue weighted by atomic mass is 9.96. The summed E-state index contributed by atoms with van der Waals surface area (Å²) in [6.45, 7) is 9.23. The first-order valence-corrected chi connectivity index (χ1v) is 6.78. The average Bonchev–Trinajstić information content (AvgIpc) is 2.34. The maximum atomic E-state index is 5.53. The van der Waals surface area contributed by atoms with Crippen molar-refractivity contribution in [2.45, 2.75) is 27.2 Å². The second-order valence-electron chi connectivity index (χ2n) is 6.21. The molecule has 5 nitrogen and oxygen atoms in total. The molecule has 0 radical (unpaired) electrons. The summed E-state index contributed by atoms with van der Waals surface area (Å²) >= 11 is 0. The monoisotopic (exact) mass is 265 g/mol. The van der Waals surface area contributed by atoms with E-state index < -0.39 is 0 Å². The molecule has 1 aromatic heterocycles. The van der Waals surface area contributed by atoms with E-state index in [1.54, 1.807) is 6.33 Å². The minimum Gasteiger partial charge on any atom is -0.359 e. The van der Waals surface area contributed by atoms with Gasteiger partial charge in [-0.3, -0.25) is 0 Å². The molecule has 0 saturated carbocycles. The van der Waals surface area contributed by atoms with Crippen LogP contribution in [0.2, 0.25) is 0 Å². The SMILES string of the molecule is CN(CCCN)c1cc(N(C)CC(C)(C)C)ncn1. The van der Waals surface area contributed by atoms with Crippen molar-refractivity contribution in [2.24, 2.45) is 11.1 Å². The molecule has 1 heterocycles. The van der Waals surface area contributed by atoms with E-state index in [0.717, 1.165) is 31.1 Å². The van der Waals surface area contributed by atoms with Gasteiger partial charge in [0.15, 0.2) is 0 Å². The van der Waals surface area contributed by atoms with Crippen molar-refractivity contribution in [3.8, 4) is 0 Å². The molecule has 0 unspecified atom stereocenters. The molecule has 5 heteroatoms. The molecular weight excluding hydrogens is 238 g/mol. The summed E-state index contributed by atoms with van der Waals surface area (Å²) in [5, 5.41) is 0. The third kappa shape index (κ3) is 5.42. The summed E-state index contributed by atoms with van der Waals surface area (Å²) in [6, 6.07) is 2.03. The third-order valence-electron chi connectivity index (χ3n) is 2.83. The molecule has 1 rings (SSSR count). The topological polar surface area (TPSA) is 58.3 Å². The predicted molar refractivity (Wildman–Crippen MR) is 81.7 cm³/mol. The number of rotatable bonds is 6. The van der Waals surface area contributed by atoms with E-state index in [1.165, 1.54) is 0 Å². The molecule has 1 aromatic rings. The second-order valence-corrected chi connectivity index (χ2v) is 6.21. The van der Waals surface area contributed by atoms with E-state index in [0.29, 0.717) is 6.54 Å². The van der Waals surface area contributed by atoms with Gasteiger partial charge in [-0.05, 0) is 18.4 Å². The third-order valence-corrected chi connectivity index (χ3v) is 2.83. The van der Waals surface area contributed by atoms with Gasteiger partial charge in [0.25, 0.3) is 0 Å². The van der Waals surface area contributed by atoms with Gasteiger partial charge in [-0.1, -0.05) is 20.8 Å². The fourth-order valence-electron chi connectivity index (χ4n) is 1.99. The van der Waals surface area contributed by atoms with Crippen molar-refractivity contribution >= 4 is 11.6 Å². The van der Waals surface area contributed by atoms with Crippen LogP contribution in [0.3, 0.4) is 0 Å². The Hall–Kier alpha value is -1.36. The van der Waals surface area contributed by atoms with Gasteiger partial charge in [-0.15, -0.1) is 0 Å². The molecule has 2 N–H and O–H groups in total. The highest BCUT2D eigenvalue weighted by Gasteiger charge is 2.15. The number of hydrogen-bond acceptors (Lipinski definition) is 5. The lowest BCUT2D eigenvalue weighted by Gasteiger charge is -2.28. The van der Waals surface area contributed by atoms with Crippen LogP contribution in [0.15, 0.2) is 12.4 Å². The molecule has 0 fully saturated rings. The molecular formula is C14H27N5. The zero-order valence-electron chi connectivity index (χ0n) is 12.8. The fraction of sp³-hybridized carbons (Fsp3) is 0.714. The van der Waals surface area contributed by atoms with Crippen LogP contribution >= 0.6 is 0 Å². The molecule has 0 aliphatic carbocycles. The van der Waals surface area contributed by atoms with Crippen LogP contribution in [0.25, 0.3) is 0 Å². The van der Waals surface area contributed by atoms with Crippen LogP contribution in [-0.2, 0) is 0 Å². The van der Waals surface area contributed by atoms with Crippen molar-refractivity contribution in [3.05, 3.63) is 12.4 Å². The molecule has 0 bridgehead atoms. The molecule has 0 saturated heterocycles. The highest BCUT2D eigenvalue weighted by molar-refractivity contribution is 5.49. The van der Waals surface area contributed by atoms with Crippen molar-refractivity contribution in [3.63, 3.8) is 0 Å². The Kier molecular flexibility index (Phi) is 5.54.